The Bertz CT molecular complexity index is 1270. The summed E-state index contributed by atoms with van der Waals surface area (Å²) in [5.41, 5.74) is 3.98. The van der Waals surface area contributed by atoms with Gasteiger partial charge in [0.25, 0.3) is 0 Å². The van der Waals surface area contributed by atoms with Crippen LogP contribution in [0.2, 0.25) is 0 Å². The molecule has 2 N–H and O–H groups in total. The number of anilines is 5. The number of hydrogen-bond acceptors (Lipinski definition) is 10. The molecule has 0 spiro atoms. The summed E-state index contributed by atoms with van der Waals surface area (Å²) in [4.78, 5) is 33.3. The maximum Gasteiger partial charge on any atom is 0.247 e. The number of carbonyl (C=O) groups excluding carboxylic acids is 1. The monoisotopic (exact) mass is 519 g/mol. The summed E-state index contributed by atoms with van der Waals surface area (Å²) in [6.45, 7) is 7.23. The molecule has 0 unspecified atom stereocenters. The van der Waals surface area contributed by atoms with E-state index in [1.54, 1.807) is 31.4 Å². The average Bonchev–Trinajstić information content (AvgIpc) is 3.42. The Labute approximate surface area is 222 Å². The number of hydrogen-bond donors (Lipinski definition) is 2. The molecule has 1 aromatic carbocycles. The smallest absolute Gasteiger partial charge is 0.247 e. The molecule has 11 heteroatoms. The third-order valence-corrected chi connectivity index (χ3v) is 6.17. The van der Waals surface area contributed by atoms with Crippen LogP contribution in [-0.2, 0) is 14.4 Å². The van der Waals surface area contributed by atoms with Gasteiger partial charge >= 0.3 is 0 Å². The third kappa shape index (κ3) is 6.18. The lowest BCUT2D eigenvalue weighted by molar-refractivity contribution is -0.111. The first-order chi connectivity index (χ1) is 18.4. The van der Waals surface area contributed by atoms with Gasteiger partial charge in [-0.1, -0.05) is 12.6 Å². The minimum atomic E-state index is -0.324. The van der Waals surface area contributed by atoms with E-state index in [2.05, 4.69) is 38.2 Å². The van der Waals surface area contributed by atoms with Crippen molar-refractivity contribution in [2.75, 3.05) is 61.6 Å². The molecule has 0 saturated carbocycles. The number of likely N-dealkylation sites (N-methyl/N-ethyl adjacent to an activating group) is 1. The van der Waals surface area contributed by atoms with Crippen LogP contribution >= 0.6 is 0 Å². The van der Waals surface area contributed by atoms with Crippen LogP contribution in [0, 0.1) is 6.92 Å². The predicted octanol–water partition coefficient (Wildman–Crippen LogP) is 4.02. The fraction of sp³-hybridized carbons (Fsp3) is 0.333. The van der Waals surface area contributed by atoms with Crippen molar-refractivity contribution in [1.82, 2.24) is 15.0 Å². The minimum Gasteiger partial charge on any atom is -0.494 e. The van der Waals surface area contributed by atoms with Crippen LogP contribution in [0.25, 0.3) is 0 Å². The van der Waals surface area contributed by atoms with E-state index in [4.69, 9.17) is 14.3 Å². The molecule has 200 valence electrons. The molecule has 0 radical (unpaired) electrons. The van der Waals surface area contributed by atoms with E-state index in [1.807, 2.05) is 37.2 Å². The Morgan fingerprint density at radius 2 is 2.08 bits per heavy atom. The second-order valence-electron chi connectivity index (χ2n) is 8.76. The summed E-state index contributed by atoms with van der Waals surface area (Å²) in [7, 11) is 5.15. The lowest BCUT2D eigenvalue weighted by Gasteiger charge is -2.25. The summed E-state index contributed by atoms with van der Waals surface area (Å²) in [5.74, 6) is 1.39. The lowest BCUT2D eigenvalue weighted by Crippen LogP contribution is -2.24. The van der Waals surface area contributed by atoms with Gasteiger partial charge < -0.3 is 25.0 Å². The first-order valence-corrected chi connectivity index (χ1v) is 12.2. The van der Waals surface area contributed by atoms with E-state index < -0.39 is 0 Å². The maximum atomic E-state index is 12.2. The predicted molar refractivity (Wildman–Crippen MR) is 147 cm³/mol. The van der Waals surface area contributed by atoms with Crippen LogP contribution < -0.4 is 25.3 Å². The molecule has 1 aliphatic rings. The van der Waals surface area contributed by atoms with Gasteiger partial charge in [-0.2, -0.15) is 0 Å². The molecule has 1 fully saturated rings. The molecule has 1 amide bonds. The van der Waals surface area contributed by atoms with Crippen LogP contribution in [0.1, 0.15) is 23.7 Å². The van der Waals surface area contributed by atoms with E-state index in [9.17, 15) is 4.79 Å². The molecule has 1 saturated heterocycles. The zero-order chi connectivity index (χ0) is 27.1. The molecule has 11 nitrogen and oxygen atoms in total. The number of carbonyl (C=O) groups is 1. The number of hydroxylamine groups is 1. The third-order valence-electron chi connectivity index (χ3n) is 6.17. The van der Waals surface area contributed by atoms with Crippen molar-refractivity contribution in [2.45, 2.75) is 19.4 Å². The van der Waals surface area contributed by atoms with Crippen molar-refractivity contribution < 1.29 is 19.1 Å². The molecule has 0 bridgehead atoms. The summed E-state index contributed by atoms with van der Waals surface area (Å²) < 4.78 is 10.9. The number of amides is 1. The zero-order valence-corrected chi connectivity index (χ0v) is 22.1. The molecular formula is C27H33N7O4. The number of aromatic nitrogens is 3. The maximum absolute atomic E-state index is 12.2. The number of rotatable bonds is 11. The zero-order valence-electron chi connectivity index (χ0n) is 22.1. The summed E-state index contributed by atoms with van der Waals surface area (Å²) in [5, 5.41) is 7.97. The summed E-state index contributed by atoms with van der Waals surface area (Å²) in [6.07, 6.45) is 5.39. The van der Waals surface area contributed by atoms with Gasteiger partial charge in [-0.25, -0.2) is 15.0 Å². The number of methoxy groups -OCH3 is 2. The van der Waals surface area contributed by atoms with Gasteiger partial charge in [-0.05, 0) is 30.7 Å². The molecule has 38 heavy (non-hydrogen) atoms. The van der Waals surface area contributed by atoms with Crippen molar-refractivity contribution in [1.29, 1.82) is 0 Å². The summed E-state index contributed by atoms with van der Waals surface area (Å²) >= 11 is 0. The Morgan fingerprint density at radius 1 is 1.24 bits per heavy atom. The van der Waals surface area contributed by atoms with Gasteiger partial charge in [0.1, 0.15) is 17.9 Å². The summed E-state index contributed by atoms with van der Waals surface area (Å²) in [6, 6.07) is 9.49. The van der Waals surface area contributed by atoms with E-state index >= 15 is 0 Å². The van der Waals surface area contributed by atoms with Crippen LogP contribution in [0.5, 0.6) is 5.75 Å². The van der Waals surface area contributed by atoms with Crippen molar-refractivity contribution in [2.24, 2.45) is 0 Å². The SMILES string of the molecule is C=CC(=O)Nc1cc(Nc2cc(N3OCC[C@@H]3c3ccc(C)nc3)ncn2)c(OC)cc1N(C)CCOC. The Morgan fingerprint density at radius 3 is 2.79 bits per heavy atom. The van der Waals surface area contributed by atoms with E-state index in [0.29, 0.717) is 48.5 Å². The van der Waals surface area contributed by atoms with E-state index in [1.165, 1.54) is 12.4 Å². The number of nitrogens with one attached hydrogen (secondary N) is 2. The van der Waals surface area contributed by atoms with Crippen LogP contribution in [0.3, 0.4) is 0 Å². The van der Waals surface area contributed by atoms with Crippen molar-refractivity contribution in [3.8, 4) is 5.75 Å². The second kappa shape index (κ2) is 12.3. The second-order valence-corrected chi connectivity index (χ2v) is 8.76. The topological polar surface area (TPSA) is 114 Å². The largest absolute Gasteiger partial charge is 0.494 e. The molecule has 0 aliphatic carbocycles. The highest BCUT2D eigenvalue weighted by Crippen LogP contribution is 2.39. The highest BCUT2D eigenvalue weighted by atomic mass is 16.7. The quantitative estimate of drug-likeness (QED) is 0.360. The van der Waals surface area contributed by atoms with Crippen LogP contribution in [-0.4, -0.2) is 61.9 Å². The average molecular weight is 520 g/mol. The van der Waals surface area contributed by atoms with Gasteiger partial charge in [-0.3, -0.25) is 14.6 Å². The van der Waals surface area contributed by atoms with Gasteiger partial charge in [-0.15, -0.1) is 0 Å². The van der Waals surface area contributed by atoms with Crippen molar-refractivity contribution in [3.05, 3.63) is 66.8 Å². The van der Waals surface area contributed by atoms with E-state index in [-0.39, 0.29) is 11.9 Å². The standard InChI is InChI=1S/C27H33N7O4/c1-6-27(35)32-20-13-21(24(37-5)14-23(20)33(3)10-12-36-4)31-25-15-26(30-17-29-25)34-22(9-11-38-34)19-8-7-18(2)28-16-19/h6-8,13-17,22H,1,9-12H2,2-5H3,(H,32,35)(H,29,30,31)/t22-/m1/s1. The Kier molecular flexibility index (Phi) is 8.72. The number of benzene rings is 1. The first-order valence-electron chi connectivity index (χ1n) is 12.2. The molecule has 4 rings (SSSR count). The lowest BCUT2D eigenvalue weighted by atomic mass is 10.1. The minimum absolute atomic E-state index is 0.0111. The normalized spacial score (nSPS) is 14.7. The Balaban J connectivity index is 1.63. The Hall–Kier alpha value is -4.22. The van der Waals surface area contributed by atoms with Gasteiger partial charge in [0.05, 0.1) is 43.4 Å². The fourth-order valence-electron chi connectivity index (χ4n) is 4.13. The molecule has 1 atom stereocenters. The fourth-order valence-corrected chi connectivity index (χ4v) is 4.13. The van der Waals surface area contributed by atoms with Gasteiger partial charge in [0.15, 0.2) is 5.82 Å². The van der Waals surface area contributed by atoms with Crippen LogP contribution in [0.4, 0.5) is 28.7 Å². The van der Waals surface area contributed by atoms with Gasteiger partial charge in [0.2, 0.25) is 5.91 Å². The molecule has 3 heterocycles. The molecular weight excluding hydrogens is 486 g/mol. The highest BCUT2D eigenvalue weighted by molar-refractivity contribution is 6.02. The number of aryl methyl sites for hydroxylation is 1. The molecule has 3 aromatic rings. The van der Waals surface area contributed by atoms with Gasteiger partial charge in [0, 0.05) is 51.1 Å². The number of nitrogens with zero attached hydrogens (tertiary/aromatic N) is 5. The first kappa shape index (κ1) is 26.8. The van der Waals surface area contributed by atoms with Crippen molar-refractivity contribution >= 4 is 34.6 Å². The van der Waals surface area contributed by atoms with E-state index in [0.717, 1.165) is 23.4 Å². The number of pyridine rings is 1. The molecule has 1 aliphatic heterocycles. The number of ether oxygens (including phenoxy) is 2. The van der Waals surface area contributed by atoms with Crippen molar-refractivity contribution in [3.63, 3.8) is 0 Å². The highest BCUT2D eigenvalue weighted by Gasteiger charge is 2.29. The van der Waals surface area contributed by atoms with Crippen LogP contribution in [0.15, 0.2) is 55.5 Å². The molecule has 2 aromatic heterocycles.